The lowest BCUT2D eigenvalue weighted by Gasteiger charge is -2.32. The average Bonchev–Trinajstić information content (AvgIpc) is 2.73. The number of fused-ring (bicyclic) bond motifs is 1. The van der Waals surface area contributed by atoms with Crippen LogP contribution in [0.1, 0.15) is 18.5 Å². The molecule has 0 aliphatic carbocycles. The maximum Gasteiger partial charge on any atom is 0.136 e. The molecule has 17 heavy (non-hydrogen) atoms. The van der Waals surface area contributed by atoms with Crippen LogP contribution in [0.4, 0.5) is 0 Å². The number of nitrogens with zero attached hydrogens (tertiary/aromatic N) is 2. The summed E-state index contributed by atoms with van der Waals surface area (Å²) in [6.07, 6.45) is 6.41. The summed E-state index contributed by atoms with van der Waals surface area (Å²) in [5.74, 6) is 0. The summed E-state index contributed by atoms with van der Waals surface area (Å²) in [6.45, 7) is 1.68. The van der Waals surface area contributed by atoms with Crippen LogP contribution in [-0.4, -0.2) is 33.2 Å². The maximum atomic E-state index is 10.5. The number of hydrogen-bond acceptors (Lipinski definition) is 3. The Balaban J connectivity index is 1.89. The van der Waals surface area contributed by atoms with Gasteiger partial charge in [-0.15, -0.1) is 0 Å². The molecule has 1 fully saturated rings. The predicted molar refractivity (Wildman–Crippen MR) is 65.9 cm³/mol. The van der Waals surface area contributed by atoms with Gasteiger partial charge in [-0.1, -0.05) is 6.07 Å². The van der Waals surface area contributed by atoms with E-state index in [1.54, 1.807) is 0 Å². The van der Waals surface area contributed by atoms with E-state index in [1.165, 1.54) is 0 Å². The van der Waals surface area contributed by atoms with Gasteiger partial charge in [-0.2, -0.15) is 0 Å². The standard InChI is InChI=1S/C13H17N3O/c17-13(5-3-6-14-10-13)8-11-9-15-12-4-1-2-7-16(11)12/h1-2,4,7,9,14,17H,3,5-6,8,10H2. The van der Waals surface area contributed by atoms with Crippen molar-refractivity contribution in [1.29, 1.82) is 0 Å². The van der Waals surface area contributed by atoms with Crippen LogP contribution in [0.2, 0.25) is 0 Å². The van der Waals surface area contributed by atoms with Crippen molar-refractivity contribution in [3.05, 3.63) is 36.3 Å². The van der Waals surface area contributed by atoms with E-state index in [9.17, 15) is 5.11 Å². The number of hydrogen-bond donors (Lipinski definition) is 2. The third-order valence-corrected chi connectivity index (χ3v) is 3.45. The molecule has 0 bridgehead atoms. The lowest BCUT2D eigenvalue weighted by Crippen LogP contribution is -2.47. The SMILES string of the molecule is OC1(Cc2cnc3ccccn23)CCCNC1. The Bertz CT molecular complexity index is 514. The smallest absolute Gasteiger partial charge is 0.136 e. The molecule has 2 aromatic rings. The molecule has 1 atom stereocenters. The molecule has 1 unspecified atom stereocenters. The molecule has 0 aromatic carbocycles. The van der Waals surface area contributed by atoms with E-state index in [1.807, 2.05) is 35.0 Å². The van der Waals surface area contributed by atoms with Crippen molar-refractivity contribution in [2.24, 2.45) is 0 Å². The molecule has 2 N–H and O–H groups in total. The topological polar surface area (TPSA) is 49.6 Å². The van der Waals surface area contributed by atoms with E-state index in [-0.39, 0.29) is 0 Å². The highest BCUT2D eigenvalue weighted by molar-refractivity contribution is 5.40. The summed E-state index contributed by atoms with van der Waals surface area (Å²) in [4.78, 5) is 4.35. The first-order chi connectivity index (χ1) is 8.27. The number of nitrogens with one attached hydrogen (secondary N) is 1. The predicted octanol–water partition coefficient (Wildman–Crippen LogP) is 0.991. The van der Waals surface area contributed by atoms with Crippen LogP contribution in [0.5, 0.6) is 0 Å². The minimum Gasteiger partial charge on any atom is -0.388 e. The molecule has 4 heteroatoms. The van der Waals surface area contributed by atoms with E-state index in [0.717, 1.165) is 30.7 Å². The van der Waals surface area contributed by atoms with Crippen molar-refractivity contribution in [1.82, 2.24) is 14.7 Å². The third-order valence-electron chi connectivity index (χ3n) is 3.45. The Labute approximate surface area is 100 Å². The van der Waals surface area contributed by atoms with E-state index in [2.05, 4.69) is 10.3 Å². The van der Waals surface area contributed by atoms with E-state index < -0.39 is 5.60 Å². The number of imidazole rings is 1. The highest BCUT2D eigenvalue weighted by Gasteiger charge is 2.30. The largest absolute Gasteiger partial charge is 0.388 e. The second kappa shape index (κ2) is 4.13. The Kier molecular flexibility index (Phi) is 2.61. The molecule has 1 saturated heterocycles. The van der Waals surface area contributed by atoms with Crippen LogP contribution < -0.4 is 5.32 Å². The molecule has 90 valence electrons. The van der Waals surface area contributed by atoms with Crippen molar-refractivity contribution in [2.45, 2.75) is 24.9 Å². The van der Waals surface area contributed by atoms with E-state index >= 15 is 0 Å². The molecule has 0 amide bonds. The Hall–Kier alpha value is -1.39. The van der Waals surface area contributed by atoms with E-state index in [0.29, 0.717) is 13.0 Å². The van der Waals surface area contributed by atoms with Crippen LogP contribution in [0.3, 0.4) is 0 Å². The first-order valence-corrected chi connectivity index (χ1v) is 6.11. The van der Waals surface area contributed by atoms with Gasteiger partial charge >= 0.3 is 0 Å². The molecule has 0 radical (unpaired) electrons. The van der Waals surface area contributed by atoms with Gasteiger partial charge in [0.1, 0.15) is 5.65 Å². The van der Waals surface area contributed by atoms with Gasteiger partial charge in [0.25, 0.3) is 0 Å². The molecular weight excluding hydrogens is 214 g/mol. The third kappa shape index (κ3) is 2.06. The summed E-state index contributed by atoms with van der Waals surface area (Å²) in [7, 11) is 0. The molecule has 1 aliphatic rings. The summed E-state index contributed by atoms with van der Waals surface area (Å²) in [6, 6.07) is 5.94. The lowest BCUT2D eigenvalue weighted by molar-refractivity contribution is 0.0159. The van der Waals surface area contributed by atoms with Gasteiger partial charge < -0.3 is 14.8 Å². The first-order valence-electron chi connectivity index (χ1n) is 6.11. The van der Waals surface area contributed by atoms with Gasteiger partial charge in [-0.25, -0.2) is 4.98 Å². The van der Waals surface area contributed by atoms with Gasteiger partial charge in [0.15, 0.2) is 0 Å². The molecule has 1 aliphatic heterocycles. The Morgan fingerprint density at radius 1 is 1.47 bits per heavy atom. The minimum atomic E-state index is -0.621. The minimum absolute atomic E-state index is 0.621. The van der Waals surface area contributed by atoms with Gasteiger partial charge in [0, 0.05) is 31.1 Å². The van der Waals surface area contributed by atoms with Crippen LogP contribution in [-0.2, 0) is 6.42 Å². The highest BCUT2D eigenvalue weighted by atomic mass is 16.3. The first kappa shape index (κ1) is 10.7. The Morgan fingerprint density at radius 3 is 3.24 bits per heavy atom. The summed E-state index contributed by atoms with van der Waals surface area (Å²) in [5, 5.41) is 13.8. The van der Waals surface area contributed by atoms with Gasteiger partial charge in [-0.05, 0) is 31.5 Å². The van der Waals surface area contributed by atoms with Crippen molar-refractivity contribution >= 4 is 5.65 Å². The van der Waals surface area contributed by atoms with Gasteiger partial charge in [0.2, 0.25) is 0 Å². The molecule has 3 heterocycles. The number of aliphatic hydroxyl groups is 1. The molecule has 0 spiro atoms. The normalized spacial score (nSPS) is 25.2. The zero-order valence-electron chi connectivity index (χ0n) is 9.76. The fraction of sp³-hybridized carbons (Fsp3) is 0.462. The van der Waals surface area contributed by atoms with Crippen molar-refractivity contribution in [3.63, 3.8) is 0 Å². The van der Waals surface area contributed by atoms with Crippen LogP contribution in [0.25, 0.3) is 5.65 Å². The average molecular weight is 231 g/mol. The number of aromatic nitrogens is 2. The van der Waals surface area contributed by atoms with Crippen LogP contribution >= 0.6 is 0 Å². The fourth-order valence-electron chi connectivity index (χ4n) is 2.56. The van der Waals surface area contributed by atoms with Crippen molar-refractivity contribution in [2.75, 3.05) is 13.1 Å². The molecule has 3 rings (SSSR count). The molecule has 0 saturated carbocycles. The second-order valence-electron chi connectivity index (χ2n) is 4.86. The summed E-state index contributed by atoms with van der Waals surface area (Å²) >= 11 is 0. The highest BCUT2D eigenvalue weighted by Crippen LogP contribution is 2.21. The van der Waals surface area contributed by atoms with Crippen molar-refractivity contribution in [3.8, 4) is 0 Å². The second-order valence-corrected chi connectivity index (χ2v) is 4.86. The number of β-amino-alcohol motifs (C(OH)–C–C–N with tert-alkyl or cyclic N) is 1. The van der Waals surface area contributed by atoms with Crippen LogP contribution in [0.15, 0.2) is 30.6 Å². The zero-order chi connectivity index (χ0) is 11.7. The maximum absolute atomic E-state index is 10.5. The fourth-order valence-corrected chi connectivity index (χ4v) is 2.56. The number of rotatable bonds is 2. The number of piperidine rings is 1. The van der Waals surface area contributed by atoms with E-state index in [4.69, 9.17) is 0 Å². The van der Waals surface area contributed by atoms with Crippen LogP contribution in [0, 0.1) is 0 Å². The van der Waals surface area contributed by atoms with Gasteiger partial charge in [0.05, 0.1) is 5.60 Å². The monoisotopic (exact) mass is 231 g/mol. The number of pyridine rings is 1. The summed E-state index contributed by atoms with van der Waals surface area (Å²) in [5.41, 5.74) is 1.39. The Morgan fingerprint density at radius 2 is 2.41 bits per heavy atom. The molecule has 4 nitrogen and oxygen atoms in total. The van der Waals surface area contributed by atoms with Gasteiger partial charge in [-0.3, -0.25) is 0 Å². The lowest BCUT2D eigenvalue weighted by atomic mass is 9.89. The zero-order valence-corrected chi connectivity index (χ0v) is 9.76. The van der Waals surface area contributed by atoms with Crippen molar-refractivity contribution < 1.29 is 5.11 Å². The quantitative estimate of drug-likeness (QED) is 0.810. The molecule has 2 aromatic heterocycles. The summed E-state index contributed by atoms with van der Waals surface area (Å²) < 4.78 is 2.05. The molecular formula is C13H17N3O.